The number of ether oxygens (including phenoxy) is 2. The van der Waals surface area contributed by atoms with Crippen LogP contribution in [0, 0.1) is 22.9 Å². The van der Waals surface area contributed by atoms with Gasteiger partial charge in [-0.3, -0.25) is 14.7 Å². The molecule has 0 aliphatic carbocycles. The maximum atomic E-state index is 13.8. The van der Waals surface area contributed by atoms with Crippen molar-refractivity contribution in [3.8, 4) is 11.5 Å². The van der Waals surface area contributed by atoms with Gasteiger partial charge in [-0.25, -0.2) is 13.2 Å². The van der Waals surface area contributed by atoms with Crippen LogP contribution in [0.3, 0.4) is 0 Å². The number of rotatable bonds is 11. The Balaban J connectivity index is 1.39. The standard InChI is InChI=1S/C28H30F4N2O5/c1-38-19-2-3-22-20(14-19)25(17(15-29)16-33-22)23(35)4-5-28(27(36)37)6-8-34(9-7-28)10-11-39-24-13-18(30)12-21(31)26(24)32/h2-3,12-14,16,23,35H,4-11,15H2,1H3,(H,36,37). The van der Waals surface area contributed by atoms with Crippen LogP contribution in [0.5, 0.6) is 11.5 Å². The van der Waals surface area contributed by atoms with E-state index in [0.29, 0.717) is 60.8 Å². The van der Waals surface area contributed by atoms with Gasteiger partial charge in [-0.05, 0) is 62.5 Å². The number of alkyl halides is 1. The number of aromatic nitrogens is 1. The van der Waals surface area contributed by atoms with E-state index >= 15 is 0 Å². The highest BCUT2D eigenvalue weighted by molar-refractivity contribution is 5.85. The smallest absolute Gasteiger partial charge is 0.309 e. The van der Waals surface area contributed by atoms with Gasteiger partial charge in [0, 0.05) is 35.8 Å². The fourth-order valence-corrected chi connectivity index (χ4v) is 5.12. The lowest BCUT2D eigenvalue weighted by Crippen LogP contribution is -2.45. The van der Waals surface area contributed by atoms with Crippen molar-refractivity contribution in [1.29, 1.82) is 0 Å². The lowest BCUT2D eigenvalue weighted by molar-refractivity contribution is -0.153. The number of benzene rings is 2. The van der Waals surface area contributed by atoms with Gasteiger partial charge in [0.25, 0.3) is 0 Å². The molecule has 0 radical (unpaired) electrons. The third-order valence-corrected chi connectivity index (χ3v) is 7.46. The number of piperidine rings is 1. The van der Waals surface area contributed by atoms with E-state index in [4.69, 9.17) is 9.47 Å². The summed E-state index contributed by atoms with van der Waals surface area (Å²) in [7, 11) is 1.50. The molecule has 2 heterocycles. The monoisotopic (exact) mass is 550 g/mol. The number of halogens is 4. The van der Waals surface area contributed by atoms with Gasteiger partial charge >= 0.3 is 5.97 Å². The molecule has 0 bridgehead atoms. The van der Waals surface area contributed by atoms with Crippen molar-refractivity contribution in [3.05, 3.63) is 65.1 Å². The van der Waals surface area contributed by atoms with Gasteiger partial charge in [-0.1, -0.05) is 0 Å². The molecule has 1 atom stereocenters. The first-order chi connectivity index (χ1) is 18.7. The number of carboxylic acid groups (broad SMARTS) is 1. The van der Waals surface area contributed by atoms with Crippen LogP contribution in [0.1, 0.15) is 42.9 Å². The fraction of sp³-hybridized carbons (Fsp3) is 0.429. The van der Waals surface area contributed by atoms with Crippen LogP contribution in [0.15, 0.2) is 36.5 Å². The van der Waals surface area contributed by atoms with Crippen molar-refractivity contribution in [1.82, 2.24) is 9.88 Å². The maximum absolute atomic E-state index is 13.8. The van der Waals surface area contributed by atoms with E-state index in [1.807, 2.05) is 4.90 Å². The van der Waals surface area contributed by atoms with E-state index in [-0.39, 0.29) is 25.0 Å². The van der Waals surface area contributed by atoms with Gasteiger partial charge in [0.1, 0.15) is 24.8 Å². The summed E-state index contributed by atoms with van der Waals surface area (Å²) in [5.74, 6) is -4.53. The van der Waals surface area contributed by atoms with Gasteiger partial charge in [0.2, 0.25) is 5.82 Å². The zero-order valence-electron chi connectivity index (χ0n) is 21.4. The molecule has 210 valence electrons. The highest BCUT2D eigenvalue weighted by Gasteiger charge is 2.41. The molecular weight excluding hydrogens is 520 g/mol. The molecule has 0 saturated carbocycles. The van der Waals surface area contributed by atoms with Gasteiger partial charge in [0.15, 0.2) is 11.6 Å². The Labute approximate surface area is 223 Å². The molecule has 7 nitrogen and oxygen atoms in total. The van der Waals surface area contributed by atoms with Crippen LogP contribution in [0.25, 0.3) is 10.9 Å². The summed E-state index contributed by atoms with van der Waals surface area (Å²) in [4.78, 5) is 18.5. The third-order valence-electron chi connectivity index (χ3n) is 7.46. The first-order valence-corrected chi connectivity index (χ1v) is 12.6. The van der Waals surface area contributed by atoms with Crippen LogP contribution in [-0.2, 0) is 11.5 Å². The topological polar surface area (TPSA) is 92.1 Å². The molecule has 0 spiro atoms. The van der Waals surface area contributed by atoms with E-state index < -0.39 is 47.4 Å². The Morgan fingerprint density at radius 1 is 1.18 bits per heavy atom. The minimum absolute atomic E-state index is 0.0385. The molecule has 3 aromatic rings. The Bertz CT molecular complexity index is 1330. The normalized spacial score (nSPS) is 16.3. The van der Waals surface area contributed by atoms with Crippen LogP contribution < -0.4 is 9.47 Å². The Morgan fingerprint density at radius 2 is 1.92 bits per heavy atom. The Hall–Kier alpha value is -3.44. The lowest BCUT2D eigenvalue weighted by atomic mass is 9.74. The predicted octanol–water partition coefficient (Wildman–Crippen LogP) is 5.19. The highest BCUT2D eigenvalue weighted by atomic mass is 19.2. The molecule has 1 aromatic heterocycles. The second kappa shape index (κ2) is 12.2. The number of hydrogen-bond donors (Lipinski definition) is 2. The van der Waals surface area contributed by atoms with E-state index in [1.54, 1.807) is 18.2 Å². The molecule has 1 unspecified atom stereocenters. The average Bonchev–Trinajstić information content (AvgIpc) is 2.93. The molecule has 11 heteroatoms. The number of aliphatic hydroxyl groups is 1. The molecule has 39 heavy (non-hydrogen) atoms. The van der Waals surface area contributed by atoms with Crippen molar-refractivity contribution in [3.63, 3.8) is 0 Å². The molecule has 1 fully saturated rings. The molecule has 1 aliphatic rings. The molecule has 4 rings (SSSR count). The number of aliphatic hydroxyl groups excluding tert-OH is 1. The number of nitrogens with zero attached hydrogens (tertiary/aromatic N) is 2. The number of carboxylic acids is 1. The number of hydrogen-bond acceptors (Lipinski definition) is 6. The summed E-state index contributed by atoms with van der Waals surface area (Å²) in [5.41, 5.74) is 0.0768. The van der Waals surface area contributed by atoms with Crippen LogP contribution in [-0.4, -0.2) is 59.4 Å². The maximum Gasteiger partial charge on any atom is 0.309 e. The first kappa shape index (κ1) is 28.6. The molecule has 1 saturated heterocycles. The fourth-order valence-electron chi connectivity index (χ4n) is 5.12. The van der Waals surface area contributed by atoms with E-state index in [1.165, 1.54) is 13.3 Å². The van der Waals surface area contributed by atoms with Crippen LogP contribution in [0.2, 0.25) is 0 Å². The number of fused-ring (bicyclic) bond motifs is 1. The SMILES string of the molecule is COc1ccc2ncc(CF)c(C(O)CCC3(C(=O)O)CCN(CCOc4cc(F)cc(F)c4F)CC3)c2c1. The average molecular weight is 551 g/mol. The number of methoxy groups -OCH3 is 1. The number of pyridine rings is 1. The molecule has 1 aliphatic heterocycles. The summed E-state index contributed by atoms with van der Waals surface area (Å²) in [6.07, 6.45) is 1.12. The Morgan fingerprint density at radius 3 is 2.59 bits per heavy atom. The molecule has 2 N–H and O–H groups in total. The van der Waals surface area contributed by atoms with Crippen molar-refractivity contribution in [2.75, 3.05) is 33.4 Å². The van der Waals surface area contributed by atoms with E-state index in [0.717, 1.165) is 6.07 Å². The molecule has 0 amide bonds. The largest absolute Gasteiger partial charge is 0.497 e. The third kappa shape index (κ3) is 6.25. The van der Waals surface area contributed by atoms with Crippen molar-refractivity contribution < 1.29 is 42.0 Å². The quantitative estimate of drug-likeness (QED) is 0.251. The lowest BCUT2D eigenvalue weighted by Gasteiger charge is -2.39. The van der Waals surface area contributed by atoms with E-state index in [9.17, 15) is 32.6 Å². The van der Waals surface area contributed by atoms with E-state index in [2.05, 4.69) is 4.98 Å². The second-order valence-electron chi connectivity index (χ2n) is 9.74. The molecular formula is C28H30F4N2O5. The zero-order valence-corrected chi connectivity index (χ0v) is 21.4. The Kier molecular flexibility index (Phi) is 8.91. The van der Waals surface area contributed by atoms with Gasteiger partial charge in [0.05, 0.1) is 24.1 Å². The highest BCUT2D eigenvalue weighted by Crippen LogP contribution is 2.40. The van der Waals surface area contributed by atoms with Crippen LogP contribution >= 0.6 is 0 Å². The van der Waals surface area contributed by atoms with Crippen molar-refractivity contribution in [2.24, 2.45) is 5.41 Å². The molecule has 2 aromatic carbocycles. The van der Waals surface area contributed by atoms with Gasteiger partial charge in [-0.2, -0.15) is 4.39 Å². The number of likely N-dealkylation sites (tertiary alicyclic amines) is 1. The second-order valence-corrected chi connectivity index (χ2v) is 9.74. The number of aliphatic carboxylic acids is 1. The first-order valence-electron chi connectivity index (χ1n) is 12.6. The van der Waals surface area contributed by atoms with Gasteiger partial charge in [-0.15, -0.1) is 0 Å². The van der Waals surface area contributed by atoms with Crippen molar-refractivity contribution in [2.45, 2.75) is 38.5 Å². The summed E-state index contributed by atoms with van der Waals surface area (Å²) >= 11 is 0. The summed E-state index contributed by atoms with van der Waals surface area (Å²) in [6.45, 7) is 0.233. The summed E-state index contributed by atoms with van der Waals surface area (Å²) < 4.78 is 64.8. The van der Waals surface area contributed by atoms with Gasteiger partial charge < -0.3 is 19.7 Å². The predicted molar refractivity (Wildman–Crippen MR) is 135 cm³/mol. The summed E-state index contributed by atoms with van der Waals surface area (Å²) in [5, 5.41) is 21.7. The summed E-state index contributed by atoms with van der Waals surface area (Å²) in [6, 6.07) is 6.31. The minimum Gasteiger partial charge on any atom is -0.497 e. The van der Waals surface area contributed by atoms with Crippen LogP contribution in [0.4, 0.5) is 17.6 Å². The van der Waals surface area contributed by atoms with Crippen molar-refractivity contribution >= 4 is 16.9 Å². The number of carbonyl (C=O) groups is 1. The zero-order chi connectivity index (χ0) is 28.2. The minimum atomic E-state index is -1.34.